The summed E-state index contributed by atoms with van der Waals surface area (Å²) >= 11 is -7.49. The zero-order valence-electron chi connectivity index (χ0n) is 14.8. The van der Waals surface area contributed by atoms with Gasteiger partial charge in [-0.3, -0.25) is 0 Å². The third kappa shape index (κ3) is 3.41. The fraction of sp³-hybridized carbons (Fsp3) is 0.400. The molecule has 0 fully saturated rings. The van der Waals surface area contributed by atoms with Crippen LogP contribution >= 0.6 is 18.7 Å². The first-order valence-corrected chi connectivity index (χ1v) is 12.0. The summed E-state index contributed by atoms with van der Waals surface area (Å²) in [7, 11) is 0. The van der Waals surface area contributed by atoms with Crippen molar-refractivity contribution in [2.24, 2.45) is 0 Å². The monoisotopic (exact) mass is 546 g/mol. The SMILES string of the molecule is CC(=O)OI1(OC(C)=O)(OC(C)=O)OC(C(F)(F)F)(C(F)(F)F)c2ccccc21. The van der Waals surface area contributed by atoms with E-state index in [4.69, 9.17) is 9.20 Å². The van der Waals surface area contributed by atoms with Crippen LogP contribution in [0.15, 0.2) is 24.3 Å². The van der Waals surface area contributed by atoms with Gasteiger partial charge >= 0.3 is 162 Å². The van der Waals surface area contributed by atoms with Gasteiger partial charge in [0.25, 0.3) is 0 Å². The third-order valence-corrected chi connectivity index (χ3v) is 11.8. The molecule has 164 valence electrons. The minimum atomic E-state index is -7.49. The number of halogens is 7. The molecule has 14 heteroatoms. The maximum absolute atomic E-state index is 13.9. The molecule has 0 N–H and O–H groups in total. The Kier molecular flexibility index (Phi) is 5.37. The summed E-state index contributed by atoms with van der Waals surface area (Å²) < 4.78 is 101. The molecule has 2 rings (SSSR count). The molecular formula is C15H13F6IO7. The Morgan fingerprint density at radius 3 is 1.55 bits per heavy atom. The summed E-state index contributed by atoms with van der Waals surface area (Å²) in [5, 5.41) is 0. The number of hydrogen-bond donors (Lipinski definition) is 0. The van der Waals surface area contributed by atoms with Gasteiger partial charge in [-0.2, -0.15) is 0 Å². The molecule has 1 aromatic rings. The summed E-state index contributed by atoms with van der Waals surface area (Å²) in [5.74, 6) is -4.51. The molecular weight excluding hydrogens is 533 g/mol. The Morgan fingerprint density at radius 1 is 0.828 bits per heavy atom. The molecule has 0 spiro atoms. The Labute approximate surface area is 162 Å². The van der Waals surface area contributed by atoms with Crippen LogP contribution < -0.4 is 0 Å². The second-order valence-corrected chi connectivity index (χ2v) is 12.5. The molecule has 7 nitrogen and oxygen atoms in total. The van der Waals surface area contributed by atoms with Crippen molar-refractivity contribution in [2.45, 2.75) is 38.7 Å². The number of benzene rings is 1. The van der Waals surface area contributed by atoms with Crippen molar-refractivity contribution >= 4 is 36.6 Å². The molecule has 0 unspecified atom stereocenters. The topological polar surface area (TPSA) is 88.1 Å². The molecule has 0 saturated carbocycles. The van der Waals surface area contributed by atoms with Gasteiger partial charge in [0, 0.05) is 0 Å². The van der Waals surface area contributed by atoms with E-state index in [1.165, 1.54) is 0 Å². The second-order valence-electron chi connectivity index (χ2n) is 5.63. The Bertz CT molecular complexity index is 821. The number of fused-ring (bicyclic) bond motifs is 1. The first-order valence-electron chi connectivity index (χ1n) is 7.45. The normalized spacial score (nSPS) is 20.5. The van der Waals surface area contributed by atoms with Crippen LogP contribution in [0.5, 0.6) is 0 Å². The van der Waals surface area contributed by atoms with Gasteiger partial charge in [0.2, 0.25) is 0 Å². The van der Waals surface area contributed by atoms with Gasteiger partial charge < -0.3 is 0 Å². The average molecular weight is 546 g/mol. The molecule has 0 saturated heterocycles. The number of rotatable bonds is 3. The minimum absolute atomic E-state index is 0.404. The summed E-state index contributed by atoms with van der Waals surface area (Å²) in [5.41, 5.74) is -6.66. The van der Waals surface area contributed by atoms with Crippen LogP contribution in [-0.4, -0.2) is 30.3 Å². The molecule has 0 aromatic heterocycles. The van der Waals surface area contributed by atoms with E-state index in [0.717, 1.165) is 12.1 Å². The molecule has 0 radical (unpaired) electrons. The zero-order valence-corrected chi connectivity index (χ0v) is 17.0. The van der Waals surface area contributed by atoms with Gasteiger partial charge in [0.05, 0.1) is 0 Å². The van der Waals surface area contributed by atoms with Gasteiger partial charge in [-0.05, 0) is 0 Å². The van der Waals surface area contributed by atoms with Gasteiger partial charge in [-0.15, -0.1) is 0 Å². The van der Waals surface area contributed by atoms with Crippen LogP contribution in [0.2, 0.25) is 0 Å². The van der Waals surface area contributed by atoms with E-state index in [1.807, 2.05) is 0 Å². The van der Waals surface area contributed by atoms with Crippen LogP contribution in [0.3, 0.4) is 0 Å². The van der Waals surface area contributed by atoms with Crippen LogP contribution in [-0.2, 0) is 32.2 Å². The van der Waals surface area contributed by atoms with Crippen molar-refractivity contribution in [3.63, 3.8) is 0 Å². The second kappa shape index (κ2) is 6.72. The molecule has 0 bridgehead atoms. The predicted molar refractivity (Wildman–Crippen MR) is 89.3 cm³/mol. The van der Waals surface area contributed by atoms with E-state index < -0.39 is 63.7 Å². The van der Waals surface area contributed by atoms with E-state index in [9.17, 15) is 40.7 Å². The van der Waals surface area contributed by atoms with Crippen molar-refractivity contribution in [3.8, 4) is 0 Å². The predicted octanol–water partition coefficient (Wildman–Crippen LogP) is 4.13. The fourth-order valence-electron chi connectivity index (χ4n) is 2.63. The summed E-state index contributed by atoms with van der Waals surface area (Å²) in [6.07, 6.45) is -12.4. The van der Waals surface area contributed by atoms with Crippen molar-refractivity contribution in [1.29, 1.82) is 0 Å². The van der Waals surface area contributed by atoms with Crippen molar-refractivity contribution < 1.29 is 53.0 Å². The summed E-state index contributed by atoms with van der Waals surface area (Å²) in [6.45, 7) is 1.82. The Morgan fingerprint density at radius 2 is 1.21 bits per heavy atom. The fourth-order valence-corrected chi connectivity index (χ4v) is 11.5. The van der Waals surface area contributed by atoms with E-state index >= 15 is 0 Å². The number of alkyl halides is 6. The number of carbonyl (C=O) groups excluding carboxylic acids is 3. The quantitative estimate of drug-likeness (QED) is 0.417. The summed E-state index contributed by atoms with van der Waals surface area (Å²) in [6, 6.07) is 2.86. The standard InChI is InChI=1S/C15H13F6IO7/c1-8(23)26-22(27-9(2)24,28-10(3)25)12-7-5-4-6-11(12)13(29-22,14(16,17)18)15(19,20)21/h4-7H,1-3H3. The van der Waals surface area contributed by atoms with Gasteiger partial charge in [-0.25, -0.2) is 0 Å². The van der Waals surface area contributed by atoms with Gasteiger partial charge in [0.15, 0.2) is 0 Å². The van der Waals surface area contributed by atoms with Crippen molar-refractivity contribution in [2.75, 3.05) is 0 Å². The number of hydrogen-bond acceptors (Lipinski definition) is 7. The Hall–Kier alpha value is -2.10. The van der Waals surface area contributed by atoms with Crippen LogP contribution in [0.4, 0.5) is 26.3 Å². The molecule has 1 aromatic carbocycles. The zero-order chi connectivity index (χ0) is 22.5. The molecule has 0 aliphatic carbocycles. The third-order valence-electron chi connectivity index (χ3n) is 3.36. The first-order chi connectivity index (χ1) is 13.0. The molecule has 1 aliphatic rings. The molecule has 29 heavy (non-hydrogen) atoms. The molecule has 0 amide bonds. The van der Waals surface area contributed by atoms with Gasteiger partial charge in [-0.1, -0.05) is 0 Å². The summed E-state index contributed by atoms with van der Waals surface area (Å²) in [4.78, 5) is 35.1. The van der Waals surface area contributed by atoms with Gasteiger partial charge in [0.1, 0.15) is 0 Å². The van der Waals surface area contributed by atoms with E-state index in [2.05, 4.69) is 3.07 Å². The van der Waals surface area contributed by atoms with E-state index in [0.29, 0.717) is 32.9 Å². The van der Waals surface area contributed by atoms with Crippen LogP contribution in [0.25, 0.3) is 0 Å². The van der Waals surface area contributed by atoms with E-state index in [-0.39, 0.29) is 0 Å². The van der Waals surface area contributed by atoms with Crippen LogP contribution in [0.1, 0.15) is 26.3 Å². The van der Waals surface area contributed by atoms with E-state index in [1.54, 1.807) is 0 Å². The number of carbonyl (C=O) groups is 3. The first kappa shape index (κ1) is 23.2. The van der Waals surface area contributed by atoms with Crippen molar-refractivity contribution in [3.05, 3.63) is 33.4 Å². The van der Waals surface area contributed by atoms with Crippen molar-refractivity contribution in [1.82, 2.24) is 0 Å². The molecule has 1 heterocycles. The Balaban J connectivity index is 3.10. The maximum atomic E-state index is 13.9. The molecule has 0 atom stereocenters. The van der Waals surface area contributed by atoms with Crippen LogP contribution in [0, 0.1) is 3.57 Å². The average Bonchev–Trinajstić information content (AvgIpc) is 2.73. The molecule has 1 aliphatic heterocycles.